The van der Waals surface area contributed by atoms with Gasteiger partial charge in [-0.1, -0.05) is 26.2 Å². The molecule has 1 amide bonds. The molecular weight excluding hydrogens is 292 g/mol. The molecule has 1 atom stereocenters. The van der Waals surface area contributed by atoms with Crippen LogP contribution in [0.1, 0.15) is 59.1 Å². The summed E-state index contributed by atoms with van der Waals surface area (Å²) in [5.41, 5.74) is 0.617. The summed E-state index contributed by atoms with van der Waals surface area (Å²) < 4.78 is 11.1. The number of nitrogens with zero attached hydrogens (tertiary/aromatic N) is 1. The molecule has 0 aliphatic rings. The van der Waals surface area contributed by atoms with Crippen LogP contribution in [0, 0.1) is 6.92 Å². The van der Waals surface area contributed by atoms with E-state index in [0.717, 1.165) is 25.0 Å². The minimum Gasteiger partial charge on any atom is -0.478 e. The van der Waals surface area contributed by atoms with Crippen molar-refractivity contribution in [1.82, 2.24) is 4.98 Å². The Morgan fingerprint density at radius 1 is 1.22 bits per heavy atom. The molecule has 1 heterocycles. The molecule has 1 aromatic rings. The average molecular weight is 322 g/mol. The quantitative estimate of drug-likeness (QED) is 0.659. The van der Waals surface area contributed by atoms with Crippen molar-refractivity contribution in [3.05, 3.63) is 17.8 Å². The molecule has 1 N–H and O–H groups in total. The van der Waals surface area contributed by atoms with Gasteiger partial charge in [0, 0.05) is 12.7 Å². The second kappa shape index (κ2) is 9.50. The molecule has 1 rings (SSSR count). The zero-order valence-corrected chi connectivity index (χ0v) is 15.1. The van der Waals surface area contributed by atoms with Gasteiger partial charge in [-0.3, -0.25) is 4.79 Å². The summed E-state index contributed by atoms with van der Waals surface area (Å²) >= 11 is 0. The van der Waals surface area contributed by atoms with E-state index in [1.165, 1.54) is 0 Å². The number of hydrogen-bond donors (Lipinski definition) is 1. The normalized spacial score (nSPS) is 13.4. The highest BCUT2D eigenvalue weighted by Gasteiger charge is 2.33. The fourth-order valence-electron chi connectivity index (χ4n) is 2.44. The first kappa shape index (κ1) is 19.4. The van der Waals surface area contributed by atoms with Crippen LogP contribution in [0.5, 0.6) is 5.88 Å². The summed E-state index contributed by atoms with van der Waals surface area (Å²) in [6.45, 7) is 10.8. The maximum absolute atomic E-state index is 12.7. The van der Waals surface area contributed by atoms with Gasteiger partial charge in [-0.05, 0) is 40.2 Å². The Bertz CT molecular complexity index is 505. The minimum atomic E-state index is -0.811. The zero-order valence-electron chi connectivity index (χ0n) is 15.1. The van der Waals surface area contributed by atoms with Gasteiger partial charge in [-0.2, -0.15) is 0 Å². The van der Waals surface area contributed by atoms with Gasteiger partial charge in [0.15, 0.2) is 0 Å². The van der Waals surface area contributed by atoms with Crippen LogP contribution in [0.25, 0.3) is 0 Å². The standard InChI is InChI=1S/C18H30N2O3/c1-6-9-10-13-18(5,23-8-3)17(21)20-15-11-12-16(22-7-2)19-14(15)4/h11-12H,6-10,13H2,1-5H3,(H,20,21)/t18-/m0/s1. The molecular formula is C18H30N2O3. The first-order chi connectivity index (χ1) is 11.0. The second-order valence-corrected chi connectivity index (χ2v) is 5.79. The van der Waals surface area contributed by atoms with Gasteiger partial charge in [0.2, 0.25) is 5.88 Å². The zero-order chi connectivity index (χ0) is 17.3. The summed E-state index contributed by atoms with van der Waals surface area (Å²) in [5.74, 6) is 0.447. The Morgan fingerprint density at radius 2 is 1.96 bits per heavy atom. The van der Waals surface area contributed by atoms with E-state index in [0.29, 0.717) is 31.2 Å². The third kappa shape index (κ3) is 5.82. The summed E-state index contributed by atoms with van der Waals surface area (Å²) in [5, 5.41) is 2.95. The van der Waals surface area contributed by atoms with Crippen LogP contribution in [-0.4, -0.2) is 29.7 Å². The van der Waals surface area contributed by atoms with E-state index >= 15 is 0 Å². The third-order valence-corrected chi connectivity index (χ3v) is 3.80. The van der Waals surface area contributed by atoms with Gasteiger partial charge in [0.05, 0.1) is 18.0 Å². The average Bonchev–Trinajstić information content (AvgIpc) is 2.50. The van der Waals surface area contributed by atoms with E-state index < -0.39 is 5.60 Å². The lowest BCUT2D eigenvalue weighted by Crippen LogP contribution is -2.43. The number of rotatable bonds is 10. The van der Waals surface area contributed by atoms with Crippen molar-refractivity contribution in [2.45, 2.75) is 65.9 Å². The Morgan fingerprint density at radius 3 is 2.52 bits per heavy atom. The number of carbonyl (C=O) groups excluding carboxylic acids is 1. The summed E-state index contributed by atoms with van der Waals surface area (Å²) in [6, 6.07) is 3.59. The van der Waals surface area contributed by atoms with Gasteiger partial charge in [0.25, 0.3) is 5.91 Å². The molecule has 0 bridgehead atoms. The van der Waals surface area contributed by atoms with E-state index in [2.05, 4.69) is 17.2 Å². The monoisotopic (exact) mass is 322 g/mol. The smallest absolute Gasteiger partial charge is 0.256 e. The third-order valence-electron chi connectivity index (χ3n) is 3.80. The highest BCUT2D eigenvalue weighted by molar-refractivity contribution is 5.97. The largest absolute Gasteiger partial charge is 0.478 e. The van der Waals surface area contributed by atoms with Crippen molar-refractivity contribution in [1.29, 1.82) is 0 Å². The number of unbranched alkanes of at least 4 members (excludes halogenated alkanes) is 2. The molecule has 0 aliphatic carbocycles. The molecule has 0 aliphatic heterocycles. The molecule has 1 aromatic heterocycles. The highest BCUT2D eigenvalue weighted by Crippen LogP contribution is 2.24. The lowest BCUT2D eigenvalue weighted by atomic mass is 9.96. The maximum atomic E-state index is 12.7. The Kier molecular flexibility index (Phi) is 8.03. The molecule has 0 fully saturated rings. The number of amides is 1. The van der Waals surface area contributed by atoms with Gasteiger partial charge in [-0.15, -0.1) is 0 Å². The van der Waals surface area contributed by atoms with Crippen molar-refractivity contribution in [2.24, 2.45) is 0 Å². The van der Waals surface area contributed by atoms with E-state index in [1.807, 2.05) is 33.8 Å². The van der Waals surface area contributed by atoms with Crippen LogP contribution in [-0.2, 0) is 9.53 Å². The van der Waals surface area contributed by atoms with E-state index in [1.54, 1.807) is 6.07 Å². The number of ether oxygens (including phenoxy) is 2. The molecule has 130 valence electrons. The fraction of sp³-hybridized carbons (Fsp3) is 0.667. The molecule has 5 heteroatoms. The Balaban J connectivity index is 2.81. The van der Waals surface area contributed by atoms with Crippen LogP contribution in [0.15, 0.2) is 12.1 Å². The van der Waals surface area contributed by atoms with Crippen molar-refractivity contribution < 1.29 is 14.3 Å². The van der Waals surface area contributed by atoms with Crippen LogP contribution >= 0.6 is 0 Å². The molecule has 0 spiro atoms. The molecule has 23 heavy (non-hydrogen) atoms. The molecule has 0 saturated heterocycles. The van der Waals surface area contributed by atoms with Gasteiger partial charge in [-0.25, -0.2) is 4.98 Å². The number of nitrogens with one attached hydrogen (secondary N) is 1. The number of aromatic nitrogens is 1. The topological polar surface area (TPSA) is 60.5 Å². The Hall–Kier alpha value is -1.62. The fourth-order valence-corrected chi connectivity index (χ4v) is 2.44. The first-order valence-corrected chi connectivity index (χ1v) is 8.52. The van der Waals surface area contributed by atoms with Crippen molar-refractivity contribution in [3.8, 4) is 5.88 Å². The van der Waals surface area contributed by atoms with E-state index in [9.17, 15) is 4.79 Å². The van der Waals surface area contributed by atoms with Crippen LogP contribution in [0.3, 0.4) is 0 Å². The SMILES string of the molecule is CCCCC[C@](C)(OCC)C(=O)Nc1ccc(OCC)nc1C. The lowest BCUT2D eigenvalue weighted by molar-refractivity contribution is -0.139. The van der Waals surface area contributed by atoms with E-state index in [-0.39, 0.29) is 5.91 Å². The number of anilines is 1. The number of hydrogen-bond acceptors (Lipinski definition) is 4. The van der Waals surface area contributed by atoms with Crippen LogP contribution < -0.4 is 10.1 Å². The van der Waals surface area contributed by atoms with Crippen molar-refractivity contribution in [2.75, 3.05) is 18.5 Å². The van der Waals surface area contributed by atoms with Gasteiger partial charge < -0.3 is 14.8 Å². The van der Waals surface area contributed by atoms with Crippen molar-refractivity contribution >= 4 is 11.6 Å². The van der Waals surface area contributed by atoms with Crippen molar-refractivity contribution in [3.63, 3.8) is 0 Å². The highest BCUT2D eigenvalue weighted by atomic mass is 16.5. The number of carbonyl (C=O) groups is 1. The summed E-state index contributed by atoms with van der Waals surface area (Å²) in [6.07, 6.45) is 3.90. The van der Waals surface area contributed by atoms with Gasteiger partial charge >= 0.3 is 0 Å². The Labute approximate surface area is 139 Å². The minimum absolute atomic E-state index is 0.121. The van der Waals surface area contributed by atoms with Crippen LogP contribution in [0.4, 0.5) is 5.69 Å². The number of aryl methyl sites for hydroxylation is 1. The molecule has 0 saturated carbocycles. The van der Waals surface area contributed by atoms with Gasteiger partial charge in [0.1, 0.15) is 5.60 Å². The second-order valence-electron chi connectivity index (χ2n) is 5.79. The maximum Gasteiger partial charge on any atom is 0.256 e. The van der Waals surface area contributed by atoms with E-state index in [4.69, 9.17) is 9.47 Å². The lowest BCUT2D eigenvalue weighted by Gasteiger charge is -2.28. The predicted octanol–water partition coefficient (Wildman–Crippen LogP) is 4.10. The molecule has 0 unspecified atom stereocenters. The first-order valence-electron chi connectivity index (χ1n) is 8.52. The molecule has 0 radical (unpaired) electrons. The van der Waals surface area contributed by atoms with Crippen LogP contribution in [0.2, 0.25) is 0 Å². The number of pyridine rings is 1. The molecule has 0 aromatic carbocycles. The summed E-state index contributed by atoms with van der Waals surface area (Å²) in [7, 11) is 0. The molecule has 5 nitrogen and oxygen atoms in total. The summed E-state index contributed by atoms with van der Waals surface area (Å²) in [4.78, 5) is 17.0. The predicted molar refractivity (Wildman–Crippen MR) is 92.9 cm³/mol.